The van der Waals surface area contributed by atoms with Crippen LogP contribution in [-0.2, 0) is 11.8 Å². The maximum absolute atomic E-state index is 5.65. The van der Waals surface area contributed by atoms with Crippen LogP contribution in [0, 0.1) is 0 Å². The van der Waals surface area contributed by atoms with Crippen molar-refractivity contribution in [1.82, 2.24) is 0 Å². The summed E-state index contributed by atoms with van der Waals surface area (Å²) in [7, 11) is 1.25. The Kier molecular flexibility index (Phi) is 6.45. The molecule has 0 saturated heterocycles. The van der Waals surface area contributed by atoms with E-state index in [2.05, 4.69) is 15.9 Å². The topological polar surface area (TPSA) is 9.23 Å². The quantitative estimate of drug-likeness (QED) is 0.608. The van der Waals surface area contributed by atoms with Crippen LogP contribution in [0.3, 0.4) is 0 Å². The standard InChI is InChI=1S/C8H12BrOPS2Si/c9-7-1-3-8(4-2-7)10-11(12)13-5-6-14/h1-4,11H,5-6H2,14H3. The largest absolute Gasteiger partial charge is 0.459 e. The minimum absolute atomic E-state index is 0.887. The molecule has 0 amide bonds. The molecule has 14 heavy (non-hydrogen) atoms. The van der Waals surface area contributed by atoms with Crippen LogP contribution in [0.1, 0.15) is 0 Å². The third kappa shape index (κ3) is 4.98. The maximum atomic E-state index is 5.65. The van der Waals surface area contributed by atoms with Crippen LogP contribution in [0.15, 0.2) is 28.7 Å². The lowest BCUT2D eigenvalue weighted by molar-refractivity contribution is 0.641. The van der Waals surface area contributed by atoms with Gasteiger partial charge in [-0.2, -0.15) is 0 Å². The Labute approximate surface area is 106 Å². The SMILES string of the molecule is [SiH3]CCS[PH](=S)Oc1ccc(Br)cc1. The fraction of sp³-hybridized carbons (Fsp3) is 0.250. The molecule has 1 unspecified atom stereocenters. The van der Waals surface area contributed by atoms with Crippen molar-refractivity contribution in [1.29, 1.82) is 0 Å². The predicted molar refractivity (Wildman–Crippen MR) is 77.7 cm³/mol. The van der Waals surface area contributed by atoms with Gasteiger partial charge >= 0.3 is 0 Å². The first-order valence-electron chi connectivity index (χ1n) is 4.32. The van der Waals surface area contributed by atoms with Crippen LogP contribution < -0.4 is 4.52 Å². The van der Waals surface area contributed by atoms with Gasteiger partial charge in [0.05, 0.1) is 0 Å². The molecule has 1 rings (SSSR count). The molecule has 0 heterocycles. The molecule has 1 aromatic carbocycles. The maximum Gasteiger partial charge on any atom is 0.156 e. The Bertz CT molecular complexity index is 307. The first kappa shape index (κ1) is 12.8. The summed E-state index contributed by atoms with van der Waals surface area (Å²) in [5, 5.41) is 0. The Hall–Kier alpha value is 0.717. The van der Waals surface area contributed by atoms with Gasteiger partial charge in [0.1, 0.15) is 5.75 Å². The molecule has 1 aromatic rings. The summed E-state index contributed by atoms with van der Waals surface area (Å²) >= 11 is 10.4. The third-order valence-electron chi connectivity index (χ3n) is 1.44. The van der Waals surface area contributed by atoms with Gasteiger partial charge in [0, 0.05) is 14.7 Å². The highest BCUT2D eigenvalue weighted by Gasteiger charge is 1.97. The van der Waals surface area contributed by atoms with Crippen LogP contribution in [0.2, 0.25) is 6.04 Å². The van der Waals surface area contributed by atoms with Crippen LogP contribution in [0.25, 0.3) is 0 Å². The summed E-state index contributed by atoms with van der Waals surface area (Å²) in [6.45, 7) is 0. The second-order valence-corrected chi connectivity index (χ2v) is 9.84. The van der Waals surface area contributed by atoms with Crippen molar-refractivity contribution in [3.63, 3.8) is 0 Å². The average Bonchev–Trinajstić information content (AvgIpc) is 2.18. The molecule has 1 nitrogen and oxygen atoms in total. The highest BCUT2D eigenvalue weighted by atomic mass is 79.9. The van der Waals surface area contributed by atoms with E-state index in [1.165, 1.54) is 16.3 Å². The molecule has 0 aliphatic heterocycles. The van der Waals surface area contributed by atoms with Gasteiger partial charge < -0.3 is 4.52 Å². The number of hydrogen-bond acceptors (Lipinski definition) is 3. The zero-order chi connectivity index (χ0) is 10.4. The third-order valence-corrected chi connectivity index (χ3v) is 7.32. The van der Waals surface area contributed by atoms with Crippen LogP contribution in [-0.4, -0.2) is 16.0 Å². The number of halogens is 1. The number of hydrogen-bond donors (Lipinski definition) is 0. The average molecular weight is 327 g/mol. The summed E-state index contributed by atoms with van der Waals surface area (Å²) in [6.07, 6.45) is -1.11. The molecule has 0 aliphatic rings. The molecule has 0 spiro atoms. The lowest BCUT2D eigenvalue weighted by Crippen LogP contribution is -1.79. The smallest absolute Gasteiger partial charge is 0.156 e. The van der Waals surface area contributed by atoms with E-state index in [1.807, 2.05) is 24.3 Å². The normalized spacial score (nSPS) is 12.6. The van der Waals surface area contributed by atoms with E-state index in [0.717, 1.165) is 16.0 Å². The van der Waals surface area contributed by atoms with E-state index in [1.54, 1.807) is 11.4 Å². The van der Waals surface area contributed by atoms with Crippen LogP contribution >= 0.6 is 33.4 Å². The van der Waals surface area contributed by atoms with Crippen molar-refractivity contribution in [2.75, 3.05) is 5.75 Å². The lowest BCUT2D eigenvalue weighted by atomic mass is 10.3. The Morgan fingerprint density at radius 2 is 2.07 bits per heavy atom. The highest BCUT2D eigenvalue weighted by molar-refractivity contribution is 9.10. The second kappa shape index (κ2) is 7.07. The van der Waals surface area contributed by atoms with E-state index in [-0.39, 0.29) is 0 Å². The molecular weight excluding hydrogens is 315 g/mol. The molecular formula is C8H12BrOPS2Si. The minimum atomic E-state index is -1.11. The molecule has 0 N–H and O–H groups in total. The number of benzene rings is 1. The summed E-state index contributed by atoms with van der Waals surface area (Å²) in [6, 6.07) is 9.12. The molecule has 78 valence electrons. The highest BCUT2D eigenvalue weighted by Crippen LogP contribution is 2.40. The molecule has 0 aliphatic carbocycles. The van der Waals surface area contributed by atoms with E-state index >= 15 is 0 Å². The molecule has 0 fully saturated rings. The van der Waals surface area contributed by atoms with Gasteiger partial charge in [0.15, 0.2) is 6.13 Å². The Morgan fingerprint density at radius 3 is 2.64 bits per heavy atom. The van der Waals surface area contributed by atoms with E-state index in [4.69, 9.17) is 16.3 Å². The van der Waals surface area contributed by atoms with Gasteiger partial charge in [0.25, 0.3) is 0 Å². The van der Waals surface area contributed by atoms with E-state index < -0.39 is 6.13 Å². The van der Waals surface area contributed by atoms with Crippen molar-refractivity contribution in [3.05, 3.63) is 28.7 Å². The molecule has 6 heteroatoms. The summed E-state index contributed by atoms with van der Waals surface area (Å²) in [5.74, 6) is 2.04. The van der Waals surface area contributed by atoms with Gasteiger partial charge in [0.2, 0.25) is 0 Å². The van der Waals surface area contributed by atoms with Crippen molar-refractivity contribution in [3.8, 4) is 5.75 Å². The second-order valence-electron chi connectivity index (χ2n) is 2.65. The van der Waals surface area contributed by atoms with Gasteiger partial charge in [-0.25, -0.2) is 0 Å². The molecule has 0 radical (unpaired) electrons. The lowest BCUT2D eigenvalue weighted by Gasteiger charge is -2.07. The van der Waals surface area contributed by atoms with Crippen molar-refractivity contribution in [2.45, 2.75) is 6.04 Å². The van der Waals surface area contributed by atoms with Crippen LogP contribution in [0.5, 0.6) is 5.75 Å². The van der Waals surface area contributed by atoms with Crippen molar-refractivity contribution in [2.24, 2.45) is 0 Å². The van der Waals surface area contributed by atoms with Crippen molar-refractivity contribution >= 4 is 55.5 Å². The molecule has 0 bridgehead atoms. The number of rotatable bonds is 5. The van der Waals surface area contributed by atoms with Crippen LogP contribution in [0.4, 0.5) is 0 Å². The monoisotopic (exact) mass is 326 g/mol. The fourth-order valence-corrected chi connectivity index (χ4v) is 6.29. The molecule has 1 atom stereocenters. The van der Waals surface area contributed by atoms with E-state index in [9.17, 15) is 0 Å². The van der Waals surface area contributed by atoms with Gasteiger partial charge in [-0.1, -0.05) is 33.4 Å². The predicted octanol–water partition coefficient (Wildman–Crippen LogP) is 2.85. The van der Waals surface area contributed by atoms with Crippen molar-refractivity contribution < 1.29 is 4.52 Å². The Balaban J connectivity index is 2.44. The first-order chi connectivity index (χ1) is 6.72. The zero-order valence-electron chi connectivity index (χ0n) is 7.83. The van der Waals surface area contributed by atoms with Gasteiger partial charge in [-0.15, -0.1) is 0 Å². The minimum Gasteiger partial charge on any atom is -0.459 e. The summed E-state index contributed by atoms with van der Waals surface area (Å²) < 4.78 is 6.71. The molecule has 0 saturated carbocycles. The van der Waals surface area contributed by atoms with E-state index in [0.29, 0.717) is 0 Å². The summed E-state index contributed by atoms with van der Waals surface area (Å²) in [4.78, 5) is 0. The fourth-order valence-electron chi connectivity index (χ4n) is 0.814. The zero-order valence-corrected chi connectivity index (χ0v) is 14.0. The first-order valence-corrected chi connectivity index (χ1v) is 10.8. The molecule has 0 aromatic heterocycles. The summed E-state index contributed by atoms with van der Waals surface area (Å²) in [5.41, 5.74) is 0. The van der Waals surface area contributed by atoms with Gasteiger partial charge in [-0.3, -0.25) is 0 Å². The Morgan fingerprint density at radius 1 is 1.43 bits per heavy atom. The van der Waals surface area contributed by atoms with Gasteiger partial charge in [-0.05, 0) is 41.8 Å².